The highest BCUT2D eigenvalue weighted by atomic mass is 32.2. The van der Waals surface area contributed by atoms with Crippen molar-refractivity contribution in [3.63, 3.8) is 0 Å². The molecule has 0 aliphatic heterocycles. The summed E-state index contributed by atoms with van der Waals surface area (Å²) in [6.45, 7) is 0. The molecule has 0 fully saturated rings. The van der Waals surface area contributed by atoms with Crippen LogP contribution >= 0.6 is 0 Å². The number of non-ortho nitro benzene ring substituents is 1. The number of hydrogen-bond acceptors (Lipinski definition) is 19. The highest BCUT2D eigenvalue weighted by molar-refractivity contribution is 7.91. The summed E-state index contributed by atoms with van der Waals surface area (Å²) in [6, 6.07) is 13.7. The molecule has 342 valence electrons. The number of nitro groups is 1. The van der Waals surface area contributed by atoms with Crippen LogP contribution in [0.4, 0.5) is 22.7 Å². The number of ketones is 1. The number of Topliss-reactive ketones (excluding diaryl/α,β-unsaturated/α-hetero) is 1. The van der Waals surface area contributed by atoms with Gasteiger partial charge in [0.1, 0.15) is 25.3 Å². The van der Waals surface area contributed by atoms with Crippen LogP contribution in [0.3, 0.4) is 0 Å². The number of azo groups is 1. The Labute approximate surface area is 372 Å². The molecule has 0 saturated heterocycles. The second kappa shape index (κ2) is 18.0. The molecule has 2 aliphatic rings. The molecule has 4 aromatic carbocycles. The molecule has 25 nitrogen and oxygen atoms in total. The van der Waals surface area contributed by atoms with Gasteiger partial charge in [-0.2, -0.15) is 57.4 Å². The lowest BCUT2D eigenvalue weighted by atomic mass is 9.94. The summed E-state index contributed by atoms with van der Waals surface area (Å²) in [7, 11) is -24.9. The quantitative estimate of drug-likeness (QED) is 0.0257. The topological polar surface area (TPSA) is 406 Å². The maximum atomic E-state index is 13.6. The van der Waals surface area contributed by atoms with Crippen molar-refractivity contribution in [2.75, 3.05) is 5.43 Å². The SMILES string of the molecule is O=C1C(=NN=C2C=CC(=NNc3ccc(S(=O)(=O)O)cc3)C=C2S(=O)(=O)O)C(S(=O)(=O)O)=Cc2cc(N=Nc3ccc(/C=C/c4ccc([N+](=O)[O-])cc4S(=O)(=O)O)c(S(=O)(=O)O)c3)ccc21. The van der Waals surface area contributed by atoms with Gasteiger partial charge in [0.05, 0.1) is 32.6 Å². The van der Waals surface area contributed by atoms with Gasteiger partial charge < -0.3 is 0 Å². The Morgan fingerprint density at radius 3 is 1.71 bits per heavy atom. The van der Waals surface area contributed by atoms with Crippen molar-refractivity contribution in [2.24, 2.45) is 25.5 Å². The molecule has 66 heavy (non-hydrogen) atoms. The van der Waals surface area contributed by atoms with Gasteiger partial charge in [0.25, 0.3) is 56.3 Å². The first-order valence-electron chi connectivity index (χ1n) is 17.4. The minimum atomic E-state index is -5.27. The lowest BCUT2D eigenvalue weighted by Gasteiger charge is -2.15. The van der Waals surface area contributed by atoms with Gasteiger partial charge in [-0.1, -0.05) is 18.2 Å². The number of carbonyl (C=O) groups excluding carboxylic acids is 1. The van der Waals surface area contributed by atoms with Crippen LogP contribution in [0.2, 0.25) is 0 Å². The zero-order valence-corrected chi connectivity index (χ0v) is 36.3. The zero-order chi connectivity index (χ0) is 48.6. The number of allylic oxidation sites excluding steroid dienone is 5. The summed E-state index contributed by atoms with van der Waals surface area (Å²) in [5.74, 6) is -1.14. The van der Waals surface area contributed by atoms with Gasteiger partial charge in [-0.25, -0.2) is 0 Å². The Morgan fingerprint density at radius 2 is 1.15 bits per heavy atom. The van der Waals surface area contributed by atoms with E-state index >= 15 is 0 Å². The third kappa shape index (κ3) is 11.4. The number of nitrogens with one attached hydrogen (secondary N) is 1. The maximum absolute atomic E-state index is 13.6. The molecule has 6 N–H and O–H groups in total. The number of carbonyl (C=O) groups is 1. The Kier molecular flexibility index (Phi) is 13.2. The lowest BCUT2D eigenvalue weighted by Crippen LogP contribution is -2.26. The Hall–Kier alpha value is -7.13. The summed E-state index contributed by atoms with van der Waals surface area (Å²) < 4.78 is 169. The third-order valence-corrected chi connectivity index (χ3v) is 13.2. The third-order valence-electron chi connectivity index (χ3n) is 8.72. The molecule has 0 saturated carbocycles. The van der Waals surface area contributed by atoms with Crippen LogP contribution in [0.25, 0.3) is 18.2 Å². The lowest BCUT2D eigenvalue weighted by molar-refractivity contribution is -0.385. The predicted molar refractivity (Wildman–Crippen MR) is 234 cm³/mol. The van der Waals surface area contributed by atoms with Crippen molar-refractivity contribution in [3.05, 3.63) is 139 Å². The molecule has 0 aromatic heterocycles. The van der Waals surface area contributed by atoms with Crippen LogP contribution in [-0.2, 0) is 50.6 Å². The first-order chi connectivity index (χ1) is 30.6. The van der Waals surface area contributed by atoms with Gasteiger partial charge in [0, 0.05) is 17.7 Å². The molecule has 0 bridgehead atoms. The minimum absolute atomic E-state index is 0.0845. The molecule has 4 aromatic rings. The van der Waals surface area contributed by atoms with E-state index < -0.39 is 103 Å². The molecule has 0 unspecified atom stereocenters. The number of nitro benzene ring substituents is 1. The average Bonchev–Trinajstić information content (AvgIpc) is 3.22. The monoisotopic (exact) mass is 1000 g/mol. The second-order valence-electron chi connectivity index (χ2n) is 13.2. The Bertz CT molecular complexity index is 3620. The first-order valence-corrected chi connectivity index (χ1v) is 24.6. The molecule has 0 heterocycles. The standard InChI is InChI=1S/C36H25N7O18S5/c44-36-29-13-8-24(38-40-25-5-3-20(31(17-25)63(50,51)52)1-2-21-4-10-27(43(45)46)19-32(21)64(53,54)55)15-22(29)16-34(66(59,60)61)35(36)42-41-30-14-9-26(18-33(30)65(56,57)58)39-37-23-6-11-28(12-7-23)62(47,48)49/h1-19,37H,(H,47,48,49)(H,50,51,52)(H,53,54,55)(H,56,57,58)(H,59,60,61)/b2-1+,39-26?,40-38?,41-30?,42-35?. The smallest absolute Gasteiger partial charge is 0.287 e. The van der Waals surface area contributed by atoms with Crippen molar-refractivity contribution < 1.29 is 74.6 Å². The Balaban J connectivity index is 1.28. The molecule has 30 heteroatoms. The molecule has 0 atom stereocenters. The van der Waals surface area contributed by atoms with E-state index in [-0.39, 0.29) is 45.0 Å². The zero-order valence-electron chi connectivity index (χ0n) is 32.2. The maximum Gasteiger partial charge on any atom is 0.296 e. The van der Waals surface area contributed by atoms with E-state index in [0.29, 0.717) is 6.07 Å². The van der Waals surface area contributed by atoms with E-state index in [1.54, 1.807) is 0 Å². The van der Waals surface area contributed by atoms with Crippen molar-refractivity contribution in [1.29, 1.82) is 0 Å². The van der Waals surface area contributed by atoms with Crippen molar-refractivity contribution in [2.45, 2.75) is 14.7 Å². The van der Waals surface area contributed by atoms with E-state index in [0.717, 1.165) is 85.0 Å². The number of nitrogens with zero attached hydrogens (tertiary/aromatic N) is 6. The van der Waals surface area contributed by atoms with E-state index in [2.05, 4.69) is 31.0 Å². The first kappa shape index (κ1) is 48.3. The van der Waals surface area contributed by atoms with Crippen LogP contribution in [0.1, 0.15) is 27.0 Å². The van der Waals surface area contributed by atoms with Gasteiger partial charge in [0.15, 0.2) is 5.71 Å². The predicted octanol–water partition coefficient (Wildman–Crippen LogP) is 4.95. The largest absolute Gasteiger partial charge is 0.296 e. The number of hydrogen-bond donors (Lipinski definition) is 6. The van der Waals surface area contributed by atoms with Crippen molar-refractivity contribution in [3.8, 4) is 0 Å². The van der Waals surface area contributed by atoms with E-state index in [4.69, 9.17) is 4.55 Å². The highest BCUT2D eigenvalue weighted by Gasteiger charge is 2.33. The molecular weight excluding hydrogens is 979 g/mol. The van der Waals surface area contributed by atoms with Crippen LogP contribution in [0, 0.1) is 10.1 Å². The molecule has 0 radical (unpaired) electrons. The van der Waals surface area contributed by atoms with Gasteiger partial charge in [-0.15, -0.1) is 10.2 Å². The van der Waals surface area contributed by atoms with E-state index in [9.17, 15) is 75.2 Å². The van der Waals surface area contributed by atoms with Crippen molar-refractivity contribution >= 4 is 114 Å². The summed E-state index contributed by atoms with van der Waals surface area (Å²) in [5, 5.41) is 30.1. The minimum Gasteiger partial charge on any atom is -0.287 e. The number of anilines is 1. The molecule has 6 rings (SSSR count). The average molecular weight is 1000 g/mol. The number of fused-ring (bicyclic) bond motifs is 1. The summed E-state index contributed by atoms with van der Waals surface area (Å²) in [6.07, 6.45) is 5.76. The number of hydrazone groups is 1. The van der Waals surface area contributed by atoms with Crippen molar-refractivity contribution in [1.82, 2.24) is 0 Å². The van der Waals surface area contributed by atoms with Gasteiger partial charge in [-0.05, 0) is 102 Å². The van der Waals surface area contributed by atoms with Crippen LogP contribution in [-0.4, -0.2) is 92.7 Å². The van der Waals surface area contributed by atoms with Crippen LogP contribution < -0.4 is 5.43 Å². The molecule has 0 amide bonds. The normalized spacial score (nSPS) is 16.8. The van der Waals surface area contributed by atoms with Crippen LogP contribution in [0.15, 0.2) is 147 Å². The Morgan fingerprint density at radius 1 is 0.591 bits per heavy atom. The van der Waals surface area contributed by atoms with E-state index in [1.165, 1.54) is 24.3 Å². The van der Waals surface area contributed by atoms with Crippen LogP contribution in [0.5, 0.6) is 0 Å². The summed E-state index contributed by atoms with van der Waals surface area (Å²) >= 11 is 0. The fourth-order valence-corrected chi connectivity index (χ4v) is 8.90. The summed E-state index contributed by atoms with van der Waals surface area (Å²) in [5.41, 5.74) is -0.960. The van der Waals surface area contributed by atoms with E-state index in [1.807, 2.05) is 0 Å². The van der Waals surface area contributed by atoms with Gasteiger partial charge >= 0.3 is 0 Å². The number of benzene rings is 4. The van der Waals surface area contributed by atoms with Gasteiger partial charge in [-0.3, -0.25) is 43.1 Å². The second-order valence-corrected chi connectivity index (χ2v) is 20.1. The molecular formula is C36H25N7O18S5. The summed E-state index contributed by atoms with van der Waals surface area (Å²) in [4.78, 5) is 19.7. The molecule has 2 aliphatic carbocycles. The fourth-order valence-electron chi connectivity index (χ4n) is 5.71. The number of rotatable bonds is 13. The highest BCUT2D eigenvalue weighted by Crippen LogP contribution is 2.32. The fraction of sp³-hybridized carbons (Fsp3) is 0. The van der Waals surface area contributed by atoms with Gasteiger partial charge in [0.2, 0.25) is 5.78 Å². The molecule has 0 spiro atoms.